The van der Waals surface area contributed by atoms with Crippen LogP contribution in [0.4, 0.5) is 0 Å². The maximum Gasteiger partial charge on any atom is 0.244 e. The minimum atomic E-state index is -0.307. The Kier molecular flexibility index (Phi) is 3.35. The van der Waals surface area contributed by atoms with E-state index < -0.39 is 0 Å². The van der Waals surface area contributed by atoms with Gasteiger partial charge in [-0.2, -0.15) is 0 Å². The van der Waals surface area contributed by atoms with Crippen molar-refractivity contribution in [3.63, 3.8) is 0 Å². The van der Waals surface area contributed by atoms with Gasteiger partial charge in [0.1, 0.15) is 11.2 Å². The highest BCUT2D eigenvalue weighted by Gasteiger charge is 2.51. The third kappa shape index (κ3) is 2.09. The van der Waals surface area contributed by atoms with Crippen molar-refractivity contribution in [1.82, 2.24) is 15.2 Å². The SMILES string of the molecule is CCN1C(=O)C2(CCCCC2)NC1c1nc(C)cs1. The number of hydrogen-bond donors (Lipinski definition) is 1. The zero-order valence-corrected chi connectivity index (χ0v) is 12.4. The fourth-order valence-electron chi connectivity index (χ4n) is 3.33. The number of carbonyl (C=O) groups excluding carboxylic acids is 1. The quantitative estimate of drug-likeness (QED) is 0.905. The molecule has 0 aromatic carbocycles. The molecular weight excluding hydrogens is 258 g/mol. The first kappa shape index (κ1) is 13.1. The van der Waals surface area contributed by atoms with E-state index in [2.05, 4.69) is 22.6 Å². The fourth-order valence-corrected chi connectivity index (χ4v) is 4.18. The van der Waals surface area contributed by atoms with Gasteiger partial charge >= 0.3 is 0 Å². The number of nitrogens with zero attached hydrogens (tertiary/aromatic N) is 2. The number of aryl methyl sites for hydroxylation is 1. The molecule has 19 heavy (non-hydrogen) atoms. The summed E-state index contributed by atoms with van der Waals surface area (Å²) >= 11 is 1.65. The average molecular weight is 279 g/mol. The van der Waals surface area contributed by atoms with E-state index in [4.69, 9.17) is 0 Å². The van der Waals surface area contributed by atoms with Crippen LogP contribution in [0.3, 0.4) is 0 Å². The summed E-state index contributed by atoms with van der Waals surface area (Å²) in [6.45, 7) is 4.80. The summed E-state index contributed by atoms with van der Waals surface area (Å²) in [5.74, 6) is 0.285. The maximum absolute atomic E-state index is 12.7. The second-order valence-electron chi connectivity index (χ2n) is 5.61. The Morgan fingerprint density at radius 1 is 1.47 bits per heavy atom. The van der Waals surface area contributed by atoms with Crippen molar-refractivity contribution in [2.45, 2.75) is 57.7 Å². The molecule has 1 spiro atoms. The lowest BCUT2D eigenvalue weighted by molar-refractivity contribution is -0.134. The third-order valence-corrected chi connectivity index (χ3v) is 5.33. The fraction of sp³-hybridized carbons (Fsp3) is 0.714. The second kappa shape index (κ2) is 4.87. The topological polar surface area (TPSA) is 45.2 Å². The zero-order chi connectivity index (χ0) is 13.5. The summed E-state index contributed by atoms with van der Waals surface area (Å²) in [6, 6.07) is 0. The number of carbonyl (C=O) groups is 1. The highest BCUT2D eigenvalue weighted by Crippen LogP contribution is 2.40. The van der Waals surface area contributed by atoms with Gasteiger partial charge in [0.25, 0.3) is 0 Å². The Morgan fingerprint density at radius 3 is 2.79 bits per heavy atom. The molecule has 1 aliphatic carbocycles. The minimum absolute atomic E-state index is 0.0192. The molecule has 1 saturated heterocycles. The minimum Gasteiger partial charge on any atom is -0.319 e. The van der Waals surface area contributed by atoms with Gasteiger partial charge in [0, 0.05) is 17.6 Å². The molecule has 2 aliphatic rings. The molecule has 4 nitrogen and oxygen atoms in total. The first-order valence-electron chi connectivity index (χ1n) is 7.17. The van der Waals surface area contributed by atoms with Gasteiger partial charge in [0.2, 0.25) is 5.91 Å². The van der Waals surface area contributed by atoms with Crippen LogP contribution in [-0.4, -0.2) is 27.9 Å². The number of nitrogens with one attached hydrogen (secondary N) is 1. The second-order valence-corrected chi connectivity index (χ2v) is 6.50. The van der Waals surface area contributed by atoms with Crippen molar-refractivity contribution in [2.24, 2.45) is 0 Å². The average Bonchev–Trinajstić information content (AvgIpc) is 2.95. The lowest BCUT2D eigenvalue weighted by Crippen LogP contribution is -2.48. The molecule has 0 radical (unpaired) electrons. The number of aromatic nitrogens is 1. The van der Waals surface area contributed by atoms with Crippen LogP contribution in [0.25, 0.3) is 0 Å². The third-order valence-electron chi connectivity index (χ3n) is 4.31. The molecule has 1 N–H and O–H groups in total. The molecule has 5 heteroatoms. The Morgan fingerprint density at radius 2 is 2.21 bits per heavy atom. The van der Waals surface area contributed by atoms with Gasteiger partial charge in [-0.15, -0.1) is 11.3 Å². The first-order valence-corrected chi connectivity index (χ1v) is 8.05. The van der Waals surface area contributed by atoms with Crippen LogP contribution in [0.2, 0.25) is 0 Å². The number of rotatable bonds is 2. The molecule has 1 atom stereocenters. The van der Waals surface area contributed by atoms with E-state index in [9.17, 15) is 4.79 Å². The van der Waals surface area contributed by atoms with Gasteiger partial charge in [-0.1, -0.05) is 19.3 Å². The van der Waals surface area contributed by atoms with Crippen molar-refractivity contribution in [2.75, 3.05) is 6.54 Å². The summed E-state index contributed by atoms with van der Waals surface area (Å²) in [4.78, 5) is 19.3. The van der Waals surface area contributed by atoms with E-state index in [0.717, 1.165) is 42.9 Å². The van der Waals surface area contributed by atoms with Crippen LogP contribution in [0.5, 0.6) is 0 Å². The smallest absolute Gasteiger partial charge is 0.244 e. The molecule has 2 heterocycles. The van der Waals surface area contributed by atoms with Gasteiger partial charge in [0.15, 0.2) is 0 Å². The number of amides is 1. The number of likely N-dealkylation sites (N-methyl/N-ethyl adjacent to an activating group) is 1. The largest absolute Gasteiger partial charge is 0.319 e. The van der Waals surface area contributed by atoms with Crippen molar-refractivity contribution in [3.8, 4) is 0 Å². The summed E-state index contributed by atoms with van der Waals surface area (Å²) in [6.07, 6.45) is 5.49. The molecule has 2 fully saturated rings. The van der Waals surface area contributed by atoms with Crippen molar-refractivity contribution >= 4 is 17.2 Å². The lowest BCUT2D eigenvalue weighted by Gasteiger charge is -2.31. The lowest BCUT2D eigenvalue weighted by atomic mass is 9.82. The molecular formula is C14H21N3OS. The number of thiazole rings is 1. The maximum atomic E-state index is 12.7. The van der Waals surface area contributed by atoms with Gasteiger partial charge in [-0.25, -0.2) is 4.98 Å². The Labute approximate surface area is 118 Å². The predicted molar refractivity (Wildman–Crippen MR) is 75.9 cm³/mol. The Balaban J connectivity index is 1.91. The van der Waals surface area contributed by atoms with Crippen molar-refractivity contribution in [3.05, 3.63) is 16.1 Å². The highest BCUT2D eigenvalue weighted by molar-refractivity contribution is 7.09. The van der Waals surface area contributed by atoms with Crippen molar-refractivity contribution < 1.29 is 4.79 Å². The van der Waals surface area contributed by atoms with Gasteiger partial charge in [0.05, 0.1) is 5.54 Å². The van der Waals surface area contributed by atoms with Crippen LogP contribution in [-0.2, 0) is 4.79 Å². The first-order chi connectivity index (χ1) is 9.16. The monoisotopic (exact) mass is 279 g/mol. The van der Waals surface area contributed by atoms with E-state index in [1.807, 2.05) is 11.8 Å². The molecule has 1 aliphatic heterocycles. The molecule has 1 unspecified atom stereocenters. The highest BCUT2D eigenvalue weighted by atomic mass is 32.1. The molecule has 3 rings (SSSR count). The molecule has 0 bridgehead atoms. The van der Waals surface area contributed by atoms with E-state index >= 15 is 0 Å². The summed E-state index contributed by atoms with van der Waals surface area (Å²) in [5.41, 5.74) is 0.730. The zero-order valence-electron chi connectivity index (χ0n) is 11.6. The molecule has 1 amide bonds. The molecule has 1 aromatic rings. The summed E-state index contributed by atoms with van der Waals surface area (Å²) in [7, 11) is 0. The van der Waals surface area contributed by atoms with E-state index in [-0.39, 0.29) is 17.6 Å². The van der Waals surface area contributed by atoms with Gasteiger partial charge in [-0.3, -0.25) is 10.1 Å². The molecule has 1 saturated carbocycles. The van der Waals surface area contributed by atoms with Crippen LogP contribution in [0, 0.1) is 6.92 Å². The molecule has 104 valence electrons. The van der Waals surface area contributed by atoms with Crippen LogP contribution >= 0.6 is 11.3 Å². The summed E-state index contributed by atoms with van der Waals surface area (Å²) < 4.78 is 0. The molecule has 1 aromatic heterocycles. The Bertz CT molecular complexity index is 479. The summed E-state index contributed by atoms with van der Waals surface area (Å²) in [5, 5.41) is 6.69. The predicted octanol–water partition coefficient (Wildman–Crippen LogP) is 2.60. The standard InChI is InChI=1S/C14H21N3OS/c1-3-17-11(12-15-10(2)9-19-12)16-14(13(17)18)7-5-4-6-8-14/h9,11,16H,3-8H2,1-2H3. The van der Waals surface area contributed by atoms with Gasteiger partial charge in [-0.05, 0) is 26.7 Å². The normalized spacial score (nSPS) is 26.3. The number of hydrogen-bond acceptors (Lipinski definition) is 4. The van der Waals surface area contributed by atoms with E-state index in [1.165, 1.54) is 6.42 Å². The van der Waals surface area contributed by atoms with E-state index in [1.54, 1.807) is 11.3 Å². The van der Waals surface area contributed by atoms with Crippen molar-refractivity contribution in [1.29, 1.82) is 0 Å². The Hall–Kier alpha value is -0.940. The van der Waals surface area contributed by atoms with E-state index in [0.29, 0.717) is 0 Å². The van der Waals surface area contributed by atoms with Crippen LogP contribution in [0.15, 0.2) is 5.38 Å². The van der Waals surface area contributed by atoms with Crippen LogP contribution in [0.1, 0.15) is 55.9 Å². The van der Waals surface area contributed by atoms with Crippen LogP contribution < -0.4 is 5.32 Å². The van der Waals surface area contributed by atoms with Gasteiger partial charge < -0.3 is 4.90 Å².